The molecule has 2 nitrogen and oxygen atoms in total. The summed E-state index contributed by atoms with van der Waals surface area (Å²) in [5.74, 6) is -1.24. The average Bonchev–Trinajstić information content (AvgIpc) is 2.45. The van der Waals surface area contributed by atoms with Crippen molar-refractivity contribution in [2.75, 3.05) is 0 Å². The van der Waals surface area contributed by atoms with E-state index in [9.17, 15) is 13.6 Å². The summed E-state index contributed by atoms with van der Waals surface area (Å²) in [5, 5.41) is 0. The van der Waals surface area contributed by atoms with Crippen LogP contribution in [0.3, 0.4) is 0 Å². The first-order valence-corrected chi connectivity index (χ1v) is 6.68. The third-order valence-electron chi connectivity index (χ3n) is 3.02. The van der Waals surface area contributed by atoms with Crippen LogP contribution in [0, 0.1) is 17.6 Å². The summed E-state index contributed by atoms with van der Waals surface area (Å²) in [6.45, 7) is 3.58. The van der Waals surface area contributed by atoms with E-state index >= 15 is 0 Å². The van der Waals surface area contributed by atoms with Gasteiger partial charge in [-0.15, -0.1) is 0 Å². The van der Waals surface area contributed by atoms with Crippen LogP contribution in [0.15, 0.2) is 42.5 Å². The molecule has 0 unspecified atom stereocenters. The highest BCUT2D eigenvalue weighted by Crippen LogP contribution is 2.21. The first-order chi connectivity index (χ1) is 9.97. The fraction of sp³-hybridized carbons (Fsp3) is 0.235. The summed E-state index contributed by atoms with van der Waals surface area (Å²) < 4.78 is 32.2. The molecule has 0 fully saturated rings. The van der Waals surface area contributed by atoms with Gasteiger partial charge in [-0.2, -0.15) is 0 Å². The summed E-state index contributed by atoms with van der Waals surface area (Å²) in [6.07, 6.45) is 0. The zero-order valence-corrected chi connectivity index (χ0v) is 11.9. The Kier molecular flexibility index (Phi) is 4.68. The fourth-order valence-electron chi connectivity index (χ4n) is 1.89. The smallest absolute Gasteiger partial charge is 0.165 e. The quantitative estimate of drug-likeness (QED) is 0.764. The maximum absolute atomic E-state index is 13.9. The molecule has 0 aromatic heterocycles. The summed E-state index contributed by atoms with van der Waals surface area (Å²) in [5.41, 5.74) is 0.928. The number of rotatable bonds is 5. The normalized spacial score (nSPS) is 10.7. The zero-order valence-electron chi connectivity index (χ0n) is 11.9. The molecule has 2 aromatic rings. The maximum atomic E-state index is 13.9. The van der Waals surface area contributed by atoms with Crippen molar-refractivity contribution in [1.82, 2.24) is 0 Å². The van der Waals surface area contributed by atoms with Gasteiger partial charge in [0.15, 0.2) is 17.3 Å². The molecule has 0 amide bonds. The Bertz CT molecular complexity index is 651. The van der Waals surface area contributed by atoms with E-state index in [1.807, 2.05) is 0 Å². The van der Waals surface area contributed by atoms with Crippen molar-refractivity contribution in [3.8, 4) is 5.75 Å². The lowest BCUT2D eigenvalue weighted by Crippen LogP contribution is -2.08. The minimum Gasteiger partial charge on any atom is -0.486 e. The molecule has 2 aromatic carbocycles. The lowest BCUT2D eigenvalue weighted by Gasteiger charge is -2.09. The predicted octanol–water partition coefficient (Wildman–Crippen LogP) is 4.38. The van der Waals surface area contributed by atoms with Crippen molar-refractivity contribution < 1.29 is 18.3 Å². The van der Waals surface area contributed by atoms with Crippen LogP contribution in [-0.2, 0) is 6.61 Å². The van der Waals surface area contributed by atoms with Crippen molar-refractivity contribution in [1.29, 1.82) is 0 Å². The van der Waals surface area contributed by atoms with Gasteiger partial charge in [0, 0.05) is 11.5 Å². The van der Waals surface area contributed by atoms with E-state index < -0.39 is 5.82 Å². The molecule has 0 heterocycles. The van der Waals surface area contributed by atoms with Gasteiger partial charge in [0.05, 0.1) is 0 Å². The molecule has 0 spiro atoms. The number of halogens is 2. The Morgan fingerprint density at radius 3 is 2.52 bits per heavy atom. The molecule has 4 heteroatoms. The van der Waals surface area contributed by atoms with Crippen LogP contribution >= 0.6 is 0 Å². The summed E-state index contributed by atoms with van der Waals surface area (Å²) >= 11 is 0. The summed E-state index contributed by atoms with van der Waals surface area (Å²) in [4.78, 5) is 11.8. The molecular formula is C17H16F2O2. The molecule has 110 valence electrons. The number of ether oxygens (including phenoxy) is 1. The Hall–Kier alpha value is -2.23. The molecule has 0 saturated heterocycles. The van der Waals surface area contributed by atoms with Crippen molar-refractivity contribution in [3.05, 3.63) is 65.2 Å². The second kappa shape index (κ2) is 6.48. The van der Waals surface area contributed by atoms with E-state index in [0.717, 1.165) is 0 Å². The molecule has 0 aliphatic carbocycles. The van der Waals surface area contributed by atoms with Gasteiger partial charge in [0.2, 0.25) is 0 Å². The molecule has 2 rings (SSSR count). The lowest BCUT2D eigenvalue weighted by molar-refractivity contribution is 0.0939. The SMILES string of the molecule is CC(C)C(=O)c1ccc(OCc2cccc(F)c2)c(F)c1. The molecule has 21 heavy (non-hydrogen) atoms. The number of carbonyl (C=O) groups is 1. The summed E-state index contributed by atoms with van der Waals surface area (Å²) in [7, 11) is 0. The Labute approximate surface area is 122 Å². The predicted molar refractivity (Wildman–Crippen MR) is 76.3 cm³/mol. The van der Waals surface area contributed by atoms with Gasteiger partial charge in [-0.3, -0.25) is 4.79 Å². The number of ketones is 1. The van der Waals surface area contributed by atoms with Crippen LogP contribution in [0.2, 0.25) is 0 Å². The monoisotopic (exact) mass is 290 g/mol. The largest absolute Gasteiger partial charge is 0.486 e. The molecular weight excluding hydrogens is 274 g/mol. The molecule has 0 radical (unpaired) electrons. The molecule has 0 atom stereocenters. The molecule has 0 bridgehead atoms. The topological polar surface area (TPSA) is 26.3 Å². The van der Waals surface area contributed by atoms with Crippen molar-refractivity contribution >= 4 is 5.78 Å². The van der Waals surface area contributed by atoms with Gasteiger partial charge in [0.1, 0.15) is 12.4 Å². The number of Topliss-reactive ketones (excluding diaryl/α,β-unsaturated/α-hetero) is 1. The van der Waals surface area contributed by atoms with Crippen molar-refractivity contribution in [3.63, 3.8) is 0 Å². The second-order valence-corrected chi connectivity index (χ2v) is 5.08. The molecule has 0 N–H and O–H groups in total. The van der Waals surface area contributed by atoms with Gasteiger partial charge < -0.3 is 4.74 Å². The van der Waals surface area contributed by atoms with Gasteiger partial charge in [-0.05, 0) is 35.9 Å². The van der Waals surface area contributed by atoms with Crippen LogP contribution in [0.25, 0.3) is 0 Å². The number of carbonyl (C=O) groups excluding carboxylic acids is 1. The van der Waals surface area contributed by atoms with Crippen LogP contribution in [0.1, 0.15) is 29.8 Å². The fourth-order valence-corrected chi connectivity index (χ4v) is 1.89. The highest BCUT2D eigenvalue weighted by molar-refractivity contribution is 5.97. The average molecular weight is 290 g/mol. The van der Waals surface area contributed by atoms with Crippen LogP contribution in [0.4, 0.5) is 8.78 Å². The Morgan fingerprint density at radius 2 is 1.90 bits per heavy atom. The van der Waals surface area contributed by atoms with E-state index in [-0.39, 0.29) is 29.9 Å². The standard InChI is InChI=1S/C17H16F2O2/c1-11(2)17(20)13-6-7-16(15(19)9-13)21-10-12-4-3-5-14(18)8-12/h3-9,11H,10H2,1-2H3. The van der Waals surface area contributed by atoms with E-state index in [0.29, 0.717) is 11.1 Å². The van der Waals surface area contributed by atoms with Crippen molar-refractivity contribution in [2.45, 2.75) is 20.5 Å². The minimum atomic E-state index is -0.599. The van der Waals surface area contributed by atoms with Crippen LogP contribution < -0.4 is 4.74 Å². The van der Waals surface area contributed by atoms with Crippen molar-refractivity contribution in [2.24, 2.45) is 5.92 Å². The molecule has 0 saturated carbocycles. The van der Waals surface area contributed by atoms with Gasteiger partial charge in [-0.1, -0.05) is 26.0 Å². The highest BCUT2D eigenvalue weighted by Gasteiger charge is 2.13. The van der Waals surface area contributed by atoms with Gasteiger partial charge in [0.25, 0.3) is 0 Å². The minimum absolute atomic E-state index is 0.0413. The number of hydrogen-bond acceptors (Lipinski definition) is 2. The summed E-state index contributed by atoms with van der Waals surface area (Å²) in [6, 6.07) is 10.0. The Morgan fingerprint density at radius 1 is 1.14 bits per heavy atom. The lowest BCUT2D eigenvalue weighted by atomic mass is 10.0. The first-order valence-electron chi connectivity index (χ1n) is 6.68. The number of hydrogen-bond donors (Lipinski definition) is 0. The molecule has 0 aliphatic rings. The maximum Gasteiger partial charge on any atom is 0.165 e. The Balaban J connectivity index is 2.09. The number of benzene rings is 2. The molecule has 0 aliphatic heterocycles. The van der Waals surface area contributed by atoms with E-state index in [4.69, 9.17) is 4.74 Å². The zero-order chi connectivity index (χ0) is 15.4. The van der Waals surface area contributed by atoms with E-state index in [1.54, 1.807) is 26.0 Å². The van der Waals surface area contributed by atoms with E-state index in [1.165, 1.54) is 30.3 Å². The van der Waals surface area contributed by atoms with Crippen LogP contribution in [0.5, 0.6) is 5.75 Å². The third kappa shape index (κ3) is 3.88. The van der Waals surface area contributed by atoms with Gasteiger partial charge >= 0.3 is 0 Å². The third-order valence-corrected chi connectivity index (χ3v) is 3.02. The second-order valence-electron chi connectivity index (χ2n) is 5.08. The van der Waals surface area contributed by atoms with Crippen LogP contribution in [-0.4, -0.2) is 5.78 Å². The van der Waals surface area contributed by atoms with E-state index in [2.05, 4.69) is 0 Å². The van der Waals surface area contributed by atoms with Gasteiger partial charge in [-0.25, -0.2) is 8.78 Å². The highest BCUT2D eigenvalue weighted by atomic mass is 19.1. The first kappa shape index (κ1) is 15.2.